The van der Waals surface area contributed by atoms with Gasteiger partial charge in [0.2, 0.25) is 10.0 Å². The molecule has 14 heteroatoms. The van der Waals surface area contributed by atoms with Gasteiger partial charge in [0.05, 0.1) is 48.2 Å². The number of aliphatic hydroxyl groups is 1. The van der Waals surface area contributed by atoms with E-state index >= 15 is 0 Å². The molecule has 2 aliphatic heterocycles. The van der Waals surface area contributed by atoms with Gasteiger partial charge in [-0.1, -0.05) is 51.1 Å². The van der Waals surface area contributed by atoms with E-state index in [9.17, 15) is 23.1 Å². The third-order valence-electron chi connectivity index (χ3n) is 8.42. The molecule has 0 bridgehead atoms. The molecule has 5 rings (SSSR count). The van der Waals surface area contributed by atoms with Gasteiger partial charge in [0.25, 0.3) is 0 Å². The number of amides is 1. The first kappa shape index (κ1) is 34.8. The van der Waals surface area contributed by atoms with Crippen molar-refractivity contribution in [2.75, 3.05) is 38.2 Å². The molecule has 256 valence electrons. The van der Waals surface area contributed by atoms with Crippen LogP contribution in [0.25, 0.3) is 10.9 Å². The zero-order valence-electron chi connectivity index (χ0n) is 27.1. The lowest BCUT2D eigenvalue weighted by atomic mass is 10.0. The van der Waals surface area contributed by atoms with E-state index in [2.05, 4.69) is 20.8 Å². The van der Waals surface area contributed by atoms with Crippen LogP contribution < -0.4 is 10.6 Å². The lowest BCUT2D eigenvalue weighted by Crippen LogP contribution is -2.51. The van der Waals surface area contributed by atoms with Gasteiger partial charge in [-0.25, -0.2) is 13.2 Å². The van der Waals surface area contributed by atoms with E-state index in [1.165, 1.54) is 16.4 Å². The summed E-state index contributed by atoms with van der Waals surface area (Å²) in [7, 11) is -4.12. The number of hydrogen-bond donors (Lipinski definition) is 4. The van der Waals surface area contributed by atoms with Crippen LogP contribution in [-0.4, -0.2) is 97.3 Å². The topological polar surface area (TPSA) is 172 Å². The van der Waals surface area contributed by atoms with Crippen LogP contribution in [0.15, 0.2) is 53.4 Å². The quantitative estimate of drug-likeness (QED) is 0.177. The number of rotatable bonds is 16. The zero-order valence-corrected chi connectivity index (χ0v) is 27.9. The van der Waals surface area contributed by atoms with E-state index < -0.39 is 34.4 Å². The van der Waals surface area contributed by atoms with Crippen molar-refractivity contribution in [1.82, 2.24) is 19.8 Å². The fourth-order valence-electron chi connectivity index (χ4n) is 6.02. The van der Waals surface area contributed by atoms with E-state index in [4.69, 9.17) is 14.2 Å². The summed E-state index contributed by atoms with van der Waals surface area (Å²) in [6.07, 6.45) is -0.719. The minimum Gasteiger partial charge on any atom is -0.443 e. The minimum atomic E-state index is -4.12. The van der Waals surface area contributed by atoms with Gasteiger partial charge in [0.15, 0.2) is 17.9 Å². The molecule has 3 aromatic rings. The van der Waals surface area contributed by atoms with Gasteiger partial charge in [0, 0.05) is 24.9 Å². The number of sulfonamides is 1. The number of aliphatic hydroxyl groups excluding tert-OH is 1. The number of aromatic nitrogens is 2. The van der Waals surface area contributed by atoms with Crippen molar-refractivity contribution in [1.29, 1.82) is 0 Å². The summed E-state index contributed by atoms with van der Waals surface area (Å²) in [5.41, 5.74) is 1.46. The van der Waals surface area contributed by atoms with Gasteiger partial charge >= 0.3 is 6.09 Å². The predicted octanol–water partition coefficient (Wildman–Crippen LogP) is 3.45. The monoisotopic (exact) mass is 671 g/mol. The Labute approximate surface area is 275 Å². The summed E-state index contributed by atoms with van der Waals surface area (Å²) in [6.45, 7) is 6.41. The minimum absolute atomic E-state index is 0.0173. The first-order chi connectivity index (χ1) is 22.5. The predicted molar refractivity (Wildman–Crippen MR) is 175 cm³/mol. The first-order valence-corrected chi connectivity index (χ1v) is 17.6. The summed E-state index contributed by atoms with van der Waals surface area (Å²) in [5.74, 6) is 0.294. The highest BCUT2D eigenvalue weighted by molar-refractivity contribution is 7.89. The molecule has 1 amide bonds. The smallest absolute Gasteiger partial charge is 0.407 e. The molecule has 3 heterocycles. The number of ketones is 1. The summed E-state index contributed by atoms with van der Waals surface area (Å²) in [6, 6.07) is 13.1. The molecule has 2 saturated heterocycles. The molecule has 5 atom stereocenters. The molecule has 2 fully saturated rings. The molecule has 13 nitrogen and oxygen atoms in total. The van der Waals surface area contributed by atoms with Crippen LogP contribution in [0.5, 0.6) is 0 Å². The standard InChI is InChI=1S/C33H45N5O8S/c1-4-8-23(39)17-34-31-26-16-24(11-12-27(26)36-37-31)47(42,43)38(18-21(2)3)19-29(40)28(15-22-9-6-5-7-10-22)35-33(41)46-30-20-45-32-25(30)13-14-44-32/h5-7,9-12,16,21,25,28-30,32,40H,4,8,13-15,17-20H2,1-3H3,(H,35,41)(H2,34,36,37)/t25-,28-,29+,30?,32+/m0/s1. The Morgan fingerprint density at radius 1 is 1.15 bits per heavy atom. The molecule has 0 aliphatic carbocycles. The van der Waals surface area contributed by atoms with Gasteiger partial charge in [-0.3, -0.25) is 9.89 Å². The fourth-order valence-corrected chi connectivity index (χ4v) is 7.67. The number of H-pyrrole nitrogens is 1. The molecule has 2 aromatic carbocycles. The van der Waals surface area contributed by atoms with Crippen molar-refractivity contribution in [2.45, 2.75) is 75.9 Å². The number of carbonyl (C=O) groups excluding carboxylic acids is 2. The number of alkyl carbamates (subject to hydrolysis) is 1. The molecule has 2 aliphatic rings. The number of nitrogens with one attached hydrogen (secondary N) is 3. The van der Waals surface area contributed by atoms with Crippen molar-refractivity contribution in [2.24, 2.45) is 11.8 Å². The van der Waals surface area contributed by atoms with E-state index in [-0.39, 0.29) is 61.5 Å². The summed E-state index contributed by atoms with van der Waals surface area (Å²) in [4.78, 5) is 25.2. The van der Waals surface area contributed by atoms with Gasteiger partial charge in [-0.15, -0.1) is 0 Å². The van der Waals surface area contributed by atoms with Gasteiger partial charge in [0.1, 0.15) is 6.10 Å². The molecule has 0 spiro atoms. The van der Waals surface area contributed by atoms with Gasteiger partial charge < -0.3 is 30.0 Å². The maximum absolute atomic E-state index is 14.1. The highest BCUT2D eigenvalue weighted by atomic mass is 32.2. The zero-order chi connectivity index (χ0) is 33.6. The highest BCUT2D eigenvalue weighted by Gasteiger charge is 2.44. The van der Waals surface area contributed by atoms with Crippen LogP contribution in [0.3, 0.4) is 0 Å². The number of Topliss-reactive ketones (excluding diaryl/α,β-unsaturated/α-hetero) is 1. The molecular weight excluding hydrogens is 626 g/mol. The third kappa shape index (κ3) is 8.68. The summed E-state index contributed by atoms with van der Waals surface area (Å²) in [5, 5.41) is 25.0. The van der Waals surface area contributed by atoms with E-state index in [1.807, 2.05) is 51.1 Å². The molecule has 1 unspecified atom stereocenters. The van der Waals surface area contributed by atoms with Crippen LogP contribution >= 0.6 is 0 Å². The van der Waals surface area contributed by atoms with Gasteiger partial charge in [-0.2, -0.15) is 9.40 Å². The van der Waals surface area contributed by atoms with Gasteiger partial charge in [-0.05, 0) is 48.9 Å². The molecule has 47 heavy (non-hydrogen) atoms. The van der Waals surface area contributed by atoms with E-state index in [0.29, 0.717) is 29.7 Å². The fraction of sp³-hybridized carbons (Fsp3) is 0.545. The highest BCUT2D eigenvalue weighted by Crippen LogP contribution is 2.33. The average molecular weight is 672 g/mol. The van der Waals surface area contributed by atoms with Crippen LogP contribution in [0.2, 0.25) is 0 Å². The lowest BCUT2D eigenvalue weighted by Gasteiger charge is -2.31. The number of ether oxygens (including phenoxy) is 3. The molecule has 1 aromatic heterocycles. The second kappa shape index (κ2) is 15.6. The van der Waals surface area contributed by atoms with Crippen molar-refractivity contribution in [3.63, 3.8) is 0 Å². The first-order valence-electron chi connectivity index (χ1n) is 16.2. The Kier molecular flexibility index (Phi) is 11.5. The van der Waals surface area contributed by atoms with Crippen molar-refractivity contribution < 1.29 is 37.3 Å². The normalized spacial score (nSPS) is 20.8. The Balaban J connectivity index is 1.35. The Bertz CT molecular complexity index is 1620. The maximum atomic E-state index is 14.1. The molecule has 0 radical (unpaired) electrons. The van der Waals surface area contributed by atoms with E-state index in [1.54, 1.807) is 6.07 Å². The van der Waals surface area contributed by atoms with Crippen LogP contribution in [0.1, 0.15) is 45.6 Å². The Hall–Kier alpha value is -3.56. The van der Waals surface area contributed by atoms with Crippen molar-refractivity contribution >= 4 is 38.6 Å². The third-order valence-corrected chi connectivity index (χ3v) is 10.3. The maximum Gasteiger partial charge on any atom is 0.407 e. The molecule has 0 saturated carbocycles. The number of carbonyl (C=O) groups is 2. The largest absolute Gasteiger partial charge is 0.443 e. The second-order valence-corrected chi connectivity index (χ2v) is 14.6. The number of aromatic amines is 1. The van der Waals surface area contributed by atoms with Crippen LogP contribution in [0.4, 0.5) is 10.6 Å². The van der Waals surface area contributed by atoms with E-state index in [0.717, 1.165) is 18.4 Å². The number of anilines is 1. The number of benzene rings is 2. The summed E-state index contributed by atoms with van der Waals surface area (Å²) < 4.78 is 46.4. The lowest BCUT2D eigenvalue weighted by molar-refractivity contribution is -0.117. The second-order valence-electron chi connectivity index (χ2n) is 12.6. The Morgan fingerprint density at radius 2 is 1.94 bits per heavy atom. The average Bonchev–Trinajstić information content (AvgIpc) is 3.77. The number of hydrogen-bond acceptors (Lipinski definition) is 10. The van der Waals surface area contributed by atoms with Crippen molar-refractivity contribution in [3.8, 4) is 0 Å². The van der Waals surface area contributed by atoms with Crippen LogP contribution in [0, 0.1) is 11.8 Å². The molecule has 4 N–H and O–H groups in total. The summed E-state index contributed by atoms with van der Waals surface area (Å²) >= 11 is 0. The van der Waals surface area contributed by atoms with Crippen molar-refractivity contribution in [3.05, 3.63) is 54.1 Å². The molecular formula is C33H45N5O8S. The number of fused-ring (bicyclic) bond motifs is 2. The Morgan fingerprint density at radius 3 is 2.68 bits per heavy atom. The van der Waals surface area contributed by atoms with Crippen LogP contribution in [-0.2, 0) is 35.4 Å². The number of nitrogens with zero attached hydrogens (tertiary/aromatic N) is 2. The SMILES string of the molecule is CCCC(=O)CNc1n[nH]c2ccc(S(=O)(=O)N(CC(C)C)C[C@@H](O)[C@H](Cc3ccccc3)NC(=O)OC3CO[C@H]4OCC[C@@H]34)cc12.